The predicted octanol–water partition coefficient (Wildman–Crippen LogP) is 4.24. The number of rotatable bonds is 8. The zero-order valence-corrected chi connectivity index (χ0v) is 18.7. The van der Waals surface area contributed by atoms with Crippen molar-refractivity contribution in [1.29, 1.82) is 0 Å². The highest BCUT2D eigenvalue weighted by Gasteiger charge is 2.14. The van der Waals surface area contributed by atoms with Gasteiger partial charge in [0.2, 0.25) is 5.91 Å². The van der Waals surface area contributed by atoms with Crippen LogP contribution in [-0.2, 0) is 9.53 Å². The summed E-state index contributed by atoms with van der Waals surface area (Å²) < 4.78 is 6.82. The Hall–Kier alpha value is -3.98. The fourth-order valence-corrected chi connectivity index (χ4v) is 3.68. The average molecular weight is 460 g/mol. The van der Waals surface area contributed by atoms with Crippen LogP contribution < -0.4 is 5.32 Å². The number of carbonyl (C=O) groups is 2. The summed E-state index contributed by atoms with van der Waals surface area (Å²) in [6.07, 6.45) is 3.61. The van der Waals surface area contributed by atoms with E-state index < -0.39 is 5.97 Å². The van der Waals surface area contributed by atoms with Crippen molar-refractivity contribution in [3.8, 4) is 16.9 Å². The third kappa shape index (κ3) is 5.64. The van der Waals surface area contributed by atoms with Crippen LogP contribution in [0.4, 0.5) is 5.69 Å². The van der Waals surface area contributed by atoms with E-state index >= 15 is 0 Å². The first-order valence-electron chi connectivity index (χ1n) is 10.3. The fraction of sp³-hybridized carbons (Fsp3) is 0.125. The van der Waals surface area contributed by atoms with Gasteiger partial charge in [-0.1, -0.05) is 36.0 Å². The molecule has 0 unspecified atom stereocenters. The quantitative estimate of drug-likeness (QED) is 0.311. The number of benzene rings is 2. The fourth-order valence-electron chi connectivity index (χ4n) is 3.06. The normalized spacial score (nSPS) is 10.6. The minimum absolute atomic E-state index is 0.129. The Morgan fingerprint density at radius 3 is 2.52 bits per heavy atom. The number of nitrogens with one attached hydrogen (secondary N) is 1. The van der Waals surface area contributed by atoms with Gasteiger partial charge in [-0.2, -0.15) is 5.10 Å². The number of aromatic nitrogens is 4. The van der Waals surface area contributed by atoms with Crippen LogP contribution in [0, 0.1) is 0 Å². The lowest BCUT2D eigenvalue weighted by molar-refractivity contribution is -0.113. The lowest BCUT2D eigenvalue weighted by Crippen LogP contribution is -2.17. The molecule has 0 saturated carbocycles. The number of thioether (sulfide) groups is 1. The van der Waals surface area contributed by atoms with Gasteiger partial charge in [0.15, 0.2) is 0 Å². The number of amides is 1. The van der Waals surface area contributed by atoms with Crippen molar-refractivity contribution in [3.63, 3.8) is 0 Å². The second-order valence-corrected chi connectivity index (χ2v) is 7.85. The topological polar surface area (TPSA) is 99.0 Å². The van der Waals surface area contributed by atoms with E-state index in [0.29, 0.717) is 16.3 Å². The first-order chi connectivity index (χ1) is 16.1. The molecule has 0 bridgehead atoms. The zero-order valence-electron chi connectivity index (χ0n) is 17.8. The Balaban J connectivity index is 1.34. The highest BCUT2D eigenvalue weighted by atomic mass is 32.2. The molecular weight excluding hydrogens is 438 g/mol. The highest BCUT2D eigenvalue weighted by molar-refractivity contribution is 7.99. The van der Waals surface area contributed by atoms with Crippen LogP contribution >= 0.6 is 11.8 Å². The molecule has 166 valence electrons. The largest absolute Gasteiger partial charge is 0.462 e. The average Bonchev–Trinajstić information content (AvgIpc) is 3.39. The molecule has 0 aliphatic carbocycles. The van der Waals surface area contributed by atoms with Crippen LogP contribution in [0.15, 0.2) is 84.1 Å². The van der Waals surface area contributed by atoms with E-state index in [1.165, 1.54) is 11.8 Å². The molecule has 33 heavy (non-hydrogen) atoms. The maximum absolute atomic E-state index is 12.4. The minimum Gasteiger partial charge on any atom is -0.462 e. The molecule has 0 atom stereocenters. The van der Waals surface area contributed by atoms with Crippen molar-refractivity contribution in [1.82, 2.24) is 20.0 Å². The van der Waals surface area contributed by atoms with Crippen molar-refractivity contribution in [2.75, 3.05) is 17.7 Å². The maximum Gasteiger partial charge on any atom is 0.340 e. The van der Waals surface area contributed by atoms with Gasteiger partial charge < -0.3 is 10.1 Å². The van der Waals surface area contributed by atoms with E-state index in [4.69, 9.17) is 4.74 Å². The first kappa shape index (κ1) is 22.2. The minimum atomic E-state index is -0.472. The third-order valence-electron chi connectivity index (χ3n) is 4.62. The SMILES string of the molecule is CCOC(=O)c1ccccc1NC(=O)CSc1ccc(-c2ccc(-n3cccn3)cc2)nn1. The summed E-state index contributed by atoms with van der Waals surface area (Å²) in [6, 6.07) is 20.2. The monoisotopic (exact) mass is 459 g/mol. The Kier molecular flexibility index (Phi) is 7.11. The van der Waals surface area contributed by atoms with Crippen LogP contribution in [0.1, 0.15) is 17.3 Å². The van der Waals surface area contributed by atoms with Gasteiger partial charge >= 0.3 is 5.97 Å². The summed E-state index contributed by atoms with van der Waals surface area (Å²) in [7, 11) is 0. The van der Waals surface area contributed by atoms with Gasteiger partial charge in [-0.25, -0.2) is 9.48 Å². The molecule has 0 saturated heterocycles. The molecule has 0 spiro atoms. The molecule has 1 amide bonds. The standard InChI is InChI=1S/C24H21N5O3S/c1-2-32-24(31)19-6-3-4-7-21(19)26-22(30)16-33-23-13-12-20(27-28-23)17-8-10-18(11-9-17)29-15-5-14-25-29/h3-15H,2,16H2,1H3,(H,26,30). The van der Waals surface area contributed by atoms with Crippen molar-refractivity contribution in [2.24, 2.45) is 0 Å². The molecule has 0 aliphatic heterocycles. The number of nitrogens with zero attached hydrogens (tertiary/aromatic N) is 4. The zero-order chi connectivity index (χ0) is 23.0. The van der Waals surface area contributed by atoms with Gasteiger partial charge in [0.05, 0.1) is 35.0 Å². The van der Waals surface area contributed by atoms with Crippen molar-refractivity contribution in [2.45, 2.75) is 11.9 Å². The summed E-state index contributed by atoms with van der Waals surface area (Å²) in [5.41, 5.74) is 3.36. The van der Waals surface area contributed by atoms with E-state index in [1.54, 1.807) is 42.1 Å². The van der Waals surface area contributed by atoms with Crippen LogP contribution in [0.3, 0.4) is 0 Å². The second-order valence-electron chi connectivity index (χ2n) is 6.86. The lowest BCUT2D eigenvalue weighted by atomic mass is 10.1. The van der Waals surface area contributed by atoms with Crippen molar-refractivity contribution in [3.05, 3.63) is 84.7 Å². The number of para-hydroxylation sites is 1. The molecule has 2 aromatic carbocycles. The van der Waals surface area contributed by atoms with Crippen LogP contribution in [0.5, 0.6) is 0 Å². The Morgan fingerprint density at radius 1 is 1.00 bits per heavy atom. The van der Waals surface area contributed by atoms with Gasteiger partial charge in [-0.3, -0.25) is 4.79 Å². The first-order valence-corrected chi connectivity index (χ1v) is 11.3. The number of esters is 1. The molecule has 0 aliphatic rings. The smallest absolute Gasteiger partial charge is 0.340 e. The van der Waals surface area contributed by atoms with Gasteiger partial charge in [-0.15, -0.1) is 10.2 Å². The molecule has 1 N–H and O–H groups in total. The van der Waals surface area contributed by atoms with Gasteiger partial charge in [0.25, 0.3) is 0 Å². The summed E-state index contributed by atoms with van der Waals surface area (Å²) in [5.74, 6) is -0.596. The Bertz CT molecular complexity index is 1230. The number of anilines is 1. The molecule has 8 nitrogen and oxygen atoms in total. The Labute approximate surface area is 195 Å². The third-order valence-corrected chi connectivity index (χ3v) is 5.54. The molecule has 2 heterocycles. The van der Waals surface area contributed by atoms with E-state index in [2.05, 4.69) is 20.6 Å². The number of carbonyl (C=O) groups excluding carboxylic acids is 2. The van der Waals surface area contributed by atoms with Gasteiger partial charge in [0.1, 0.15) is 5.03 Å². The van der Waals surface area contributed by atoms with E-state index in [9.17, 15) is 9.59 Å². The summed E-state index contributed by atoms with van der Waals surface area (Å²) in [6.45, 7) is 2.00. The lowest BCUT2D eigenvalue weighted by Gasteiger charge is -2.10. The van der Waals surface area contributed by atoms with Crippen molar-refractivity contribution >= 4 is 29.3 Å². The molecule has 4 aromatic rings. The maximum atomic E-state index is 12.4. The number of hydrogen-bond donors (Lipinski definition) is 1. The molecule has 0 fully saturated rings. The molecule has 2 aromatic heterocycles. The summed E-state index contributed by atoms with van der Waals surface area (Å²) in [5, 5.41) is 16.1. The van der Waals surface area contributed by atoms with Crippen molar-refractivity contribution < 1.29 is 14.3 Å². The van der Waals surface area contributed by atoms with Crippen LogP contribution in [-0.4, -0.2) is 44.2 Å². The predicted molar refractivity (Wildman–Crippen MR) is 126 cm³/mol. The van der Waals surface area contributed by atoms with E-state index in [0.717, 1.165) is 16.9 Å². The number of hydrogen-bond acceptors (Lipinski definition) is 7. The van der Waals surface area contributed by atoms with E-state index in [-0.39, 0.29) is 18.3 Å². The van der Waals surface area contributed by atoms with E-state index in [1.807, 2.05) is 48.7 Å². The Morgan fingerprint density at radius 2 is 1.82 bits per heavy atom. The summed E-state index contributed by atoms with van der Waals surface area (Å²) >= 11 is 1.26. The summed E-state index contributed by atoms with van der Waals surface area (Å²) in [4.78, 5) is 24.4. The van der Waals surface area contributed by atoms with Gasteiger partial charge in [-0.05, 0) is 49.4 Å². The molecule has 0 radical (unpaired) electrons. The van der Waals surface area contributed by atoms with Crippen LogP contribution in [0.25, 0.3) is 16.9 Å². The molecule has 9 heteroatoms. The van der Waals surface area contributed by atoms with Crippen LogP contribution in [0.2, 0.25) is 0 Å². The number of ether oxygens (including phenoxy) is 1. The van der Waals surface area contributed by atoms with Gasteiger partial charge in [0, 0.05) is 18.0 Å². The highest BCUT2D eigenvalue weighted by Crippen LogP contribution is 2.22. The molecule has 4 rings (SSSR count). The molecular formula is C24H21N5O3S. The second kappa shape index (κ2) is 10.6.